The van der Waals surface area contributed by atoms with Gasteiger partial charge >= 0.3 is 0 Å². The molecule has 31 heavy (non-hydrogen) atoms. The molecule has 2 nitrogen and oxygen atoms in total. The monoisotopic (exact) mass is 396 g/mol. The van der Waals surface area contributed by atoms with Crippen molar-refractivity contribution in [1.82, 2.24) is 9.55 Å². The molecule has 2 heteroatoms. The van der Waals surface area contributed by atoms with E-state index in [1.807, 2.05) is 12.3 Å². The Labute approximate surface area is 181 Å². The Morgan fingerprint density at radius 2 is 1.19 bits per heavy atom. The molecule has 0 radical (unpaired) electrons. The first-order valence-electron chi connectivity index (χ1n) is 10.5. The van der Waals surface area contributed by atoms with E-state index in [-0.39, 0.29) is 0 Å². The van der Waals surface area contributed by atoms with Crippen LogP contribution in [0.4, 0.5) is 0 Å². The predicted octanol–water partition coefficient (Wildman–Crippen LogP) is 7.51. The molecule has 0 atom stereocenters. The Balaban J connectivity index is 1.69. The first kappa shape index (κ1) is 17.7. The first-order valence-corrected chi connectivity index (χ1v) is 10.5. The molecule has 0 bridgehead atoms. The van der Waals surface area contributed by atoms with Gasteiger partial charge in [0.25, 0.3) is 0 Å². The molecule has 1 heterocycles. The lowest BCUT2D eigenvalue weighted by molar-refractivity contribution is 1.07. The highest BCUT2D eigenvalue weighted by atomic mass is 15.1. The molecule has 146 valence electrons. The fraction of sp³-hybridized carbons (Fsp3) is 0. The zero-order valence-corrected chi connectivity index (χ0v) is 16.9. The third-order valence-electron chi connectivity index (χ3n) is 5.88. The highest BCUT2D eigenvalue weighted by molar-refractivity contribution is 6.13. The molecule has 6 aromatic rings. The molecular formula is C29H20N2. The predicted molar refractivity (Wildman–Crippen MR) is 129 cm³/mol. The lowest BCUT2D eigenvalue weighted by Gasteiger charge is -2.17. The second kappa shape index (κ2) is 7.26. The minimum absolute atomic E-state index is 0.942. The van der Waals surface area contributed by atoms with Gasteiger partial charge in [-0.3, -0.25) is 4.57 Å². The Bertz CT molecular complexity index is 1470. The zero-order valence-electron chi connectivity index (χ0n) is 16.9. The van der Waals surface area contributed by atoms with E-state index < -0.39 is 0 Å². The van der Waals surface area contributed by atoms with E-state index in [0.717, 1.165) is 17.1 Å². The van der Waals surface area contributed by atoms with Crippen LogP contribution in [-0.2, 0) is 0 Å². The van der Waals surface area contributed by atoms with Crippen LogP contribution in [0, 0.1) is 0 Å². The molecule has 0 saturated heterocycles. The maximum absolute atomic E-state index is 4.69. The summed E-state index contributed by atoms with van der Waals surface area (Å²) < 4.78 is 2.20. The van der Waals surface area contributed by atoms with Crippen LogP contribution < -0.4 is 0 Å². The van der Waals surface area contributed by atoms with Crippen LogP contribution in [0.5, 0.6) is 0 Å². The normalized spacial score (nSPS) is 11.2. The molecule has 0 spiro atoms. The van der Waals surface area contributed by atoms with Gasteiger partial charge in [-0.15, -0.1) is 0 Å². The first-order chi connectivity index (χ1) is 15.4. The van der Waals surface area contributed by atoms with Gasteiger partial charge in [0.15, 0.2) is 0 Å². The van der Waals surface area contributed by atoms with Crippen LogP contribution in [0.25, 0.3) is 49.7 Å². The quantitative estimate of drug-likeness (QED) is 0.283. The standard InChI is InChI=1S/C29H20N2/c1-2-10-21(11-3-1)29-30-18-19-31(29)27-17-9-8-16-26(27)28-24-14-6-4-12-22(24)20-23-13-5-7-15-25(23)28/h1-20H. The van der Waals surface area contributed by atoms with Crippen molar-refractivity contribution in [3.05, 3.63) is 122 Å². The van der Waals surface area contributed by atoms with Crippen LogP contribution in [0.15, 0.2) is 122 Å². The molecule has 0 unspecified atom stereocenters. The molecule has 0 aliphatic rings. The van der Waals surface area contributed by atoms with E-state index in [9.17, 15) is 0 Å². The summed E-state index contributed by atoms with van der Waals surface area (Å²) in [5, 5.41) is 5.02. The van der Waals surface area contributed by atoms with Crippen LogP contribution in [0.2, 0.25) is 0 Å². The average Bonchev–Trinajstić information content (AvgIpc) is 3.33. The molecule has 0 aliphatic heterocycles. The SMILES string of the molecule is c1ccc(-c2nccn2-c2ccccc2-c2c3ccccc3cc3ccccc23)cc1. The Morgan fingerprint density at radius 3 is 1.94 bits per heavy atom. The molecule has 6 rings (SSSR count). The van der Waals surface area contributed by atoms with Gasteiger partial charge in [0, 0.05) is 23.5 Å². The van der Waals surface area contributed by atoms with Gasteiger partial charge in [-0.1, -0.05) is 97.1 Å². The maximum atomic E-state index is 4.69. The largest absolute Gasteiger partial charge is 0.299 e. The summed E-state index contributed by atoms with van der Waals surface area (Å²) in [7, 11) is 0. The third kappa shape index (κ3) is 2.92. The van der Waals surface area contributed by atoms with Crippen LogP contribution >= 0.6 is 0 Å². The highest BCUT2D eigenvalue weighted by Crippen LogP contribution is 2.39. The topological polar surface area (TPSA) is 17.8 Å². The summed E-state index contributed by atoms with van der Waals surface area (Å²) in [5.74, 6) is 0.942. The lowest BCUT2D eigenvalue weighted by atomic mass is 9.91. The van der Waals surface area contributed by atoms with E-state index in [1.54, 1.807) is 0 Å². The summed E-state index contributed by atoms with van der Waals surface area (Å²) in [5.41, 5.74) is 4.69. The smallest absolute Gasteiger partial charge is 0.144 e. The Morgan fingerprint density at radius 1 is 0.581 bits per heavy atom. The van der Waals surface area contributed by atoms with Crippen molar-refractivity contribution >= 4 is 21.5 Å². The van der Waals surface area contributed by atoms with Crippen molar-refractivity contribution in [2.75, 3.05) is 0 Å². The van der Waals surface area contributed by atoms with Crippen molar-refractivity contribution in [3.63, 3.8) is 0 Å². The van der Waals surface area contributed by atoms with Crippen molar-refractivity contribution in [1.29, 1.82) is 0 Å². The van der Waals surface area contributed by atoms with E-state index in [0.29, 0.717) is 0 Å². The number of nitrogens with zero attached hydrogens (tertiary/aromatic N) is 2. The minimum Gasteiger partial charge on any atom is -0.299 e. The minimum atomic E-state index is 0.942. The second-order valence-corrected chi connectivity index (χ2v) is 7.70. The molecule has 0 fully saturated rings. The van der Waals surface area contributed by atoms with Gasteiger partial charge in [-0.25, -0.2) is 4.98 Å². The number of aromatic nitrogens is 2. The fourth-order valence-electron chi connectivity index (χ4n) is 4.50. The molecule has 1 aromatic heterocycles. The molecule has 0 saturated carbocycles. The number of hydrogen-bond acceptors (Lipinski definition) is 1. The van der Waals surface area contributed by atoms with E-state index in [4.69, 9.17) is 0 Å². The lowest BCUT2D eigenvalue weighted by Crippen LogP contribution is -1.99. The number of benzene rings is 5. The van der Waals surface area contributed by atoms with Crippen molar-refractivity contribution in [3.8, 4) is 28.2 Å². The van der Waals surface area contributed by atoms with Gasteiger partial charge in [0.05, 0.1) is 5.69 Å². The molecule has 0 N–H and O–H groups in total. The van der Waals surface area contributed by atoms with Crippen LogP contribution in [0.1, 0.15) is 0 Å². The third-order valence-corrected chi connectivity index (χ3v) is 5.88. The summed E-state index contributed by atoms with van der Waals surface area (Å²) in [6, 6.07) is 38.5. The Kier molecular flexibility index (Phi) is 4.14. The fourth-order valence-corrected chi connectivity index (χ4v) is 4.50. The number of hydrogen-bond donors (Lipinski definition) is 0. The number of para-hydroxylation sites is 1. The second-order valence-electron chi connectivity index (χ2n) is 7.70. The molecular weight excluding hydrogens is 376 g/mol. The number of rotatable bonds is 3. The molecule has 5 aromatic carbocycles. The van der Waals surface area contributed by atoms with E-state index >= 15 is 0 Å². The van der Waals surface area contributed by atoms with Gasteiger partial charge in [-0.05, 0) is 39.2 Å². The van der Waals surface area contributed by atoms with Gasteiger partial charge in [0.1, 0.15) is 5.82 Å². The average molecular weight is 396 g/mol. The summed E-state index contributed by atoms with van der Waals surface area (Å²) in [6.45, 7) is 0. The van der Waals surface area contributed by atoms with Crippen molar-refractivity contribution in [2.45, 2.75) is 0 Å². The van der Waals surface area contributed by atoms with Crippen LogP contribution in [-0.4, -0.2) is 9.55 Å². The van der Waals surface area contributed by atoms with Crippen LogP contribution in [0.3, 0.4) is 0 Å². The van der Waals surface area contributed by atoms with Gasteiger partial charge in [0.2, 0.25) is 0 Å². The van der Waals surface area contributed by atoms with Gasteiger partial charge < -0.3 is 0 Å². The summed E-state index contributed by atoms with van der Waals surface area (Å²) >= 11 is 0. The summed E-state index contributed by atoms with van der Waals surface area (Å²) in [4.78, 5) is 4.69. The maximum Gasteiger partial charge on any atom is 0.144 e. The van der Waals surface area contributed by atoms with Crippen molar-refractivity contribution < 1.29 is 0 Å². The molecule has 0 aliphatic carbocycles. The van der Waals surface area contributed by atoms with E-state index in [1.165, 1.54) is 32.7 Å². The number of fused-ring (bicyclic) bond motifs is 2. The highest BCUT2D eigenvalue weighted by Gasteiger charge is 2.16. The Hall–Kier alpha value is -4.17. The zero-order chi connectivity index (χ0) is 20.6. The van der Waals surface area contributed by atoms with E-state index in [2.05, 4.69) is 119 Å². The summed E-state index contributed by atoms with van der Waals surface area (Å²) in [6.07, 6.45) is 3.93. The number of imidazole rings is 1. The van der Waals surface area contributed by atoms with Gasteiger partial charge in [-0.2, -0.15) is 0 Å². The molecule has 0 amide bonds. The van der Waals surface area contributed by atoms with Crippen molar-refractivity contribution in [2.24, 2.45) is 0 Å².